The molecule has 0 fully saturated rings. The number of hydrogen-bond donors (Lipinski definition) is 4. The average molecular weight is 478 g/mol. The van der Waals surface area contributed by atoms with Crippen LogP contribution in [0.25, 0.3) is 0 Å². The number of anilines is 1. The molecule has 0 aliphatic rings. The third-order valence-electron chi connectivity index (χ3n) is 4.61. The van der Waals surface area contributed by atoms with E-state index in [0.717, 1.165) is 5.56 Å². The number of hydrogen-bond acceptors (Lipinski definition) is 6. The van der Waals surface area contributed by atoms with E-state index in [2.05, 4.69) is 15.4 Å². The van der Waals surface area contributed by atoms with Crippen LogP contribution in [0.4, 0.5) is 5.69 Å². The Hall–Kier alpha value is -2.79. The molecule has 0 spiro atoms. The fourth-order valence-electron chi connectivity index (χ4n) is 2.89. The molecule has 1 amide bonds. The van der Waals surface area contributed by atoms with Gasteiger partial charge in [0.1, 0.15) is 6.04 Å². The minimum Gasteiger partial charge on any atom is -0.480 e. The second-order valence-electron chi connectivity index (χ2n) is 7.70. The van der Waals surface area contributed by atoms with E-state index in [1.54, 1.807) is 0 Å². The second kappa shape index (κ2) is 13.0. The maximum Gasteiger partial charge on any atom is 0.321 e. The number of carbonyl (C=O) groups is 2. The van der Waals surface area contributed by atoms with Crippen LogP contribution in [0.3, 0.4) is 0 Å². The van der Waals surface area contributed by atoms with E-state index in [0.29, 0.717) is 25.3 Å². The predicted octanol–water partition coefficient (Wildman–Crippen LogP) is 2.35. The molecule has 180 valence electrons. The summed E-state index contributed by atoms with van der Waals surface area (Å²) >= 11 is 0. The fourth-order valence-corrected chi connectivity index (χ4v) is 3.90. The van der Waals surface area contributed by atoms with Crippen molar-refractivity contribution in [2.45, 2.75) is 50.3 Å². The van der Waals surface area contributed by atoms with Crippen molar-refractivity contribution in [2.75, 3.05) is 18.5 Å². The van der Waals surface area contributed by atoms with Crippen molar-refractivity contribution >= 4 is 27.6 Å². The van der Waals surface area contributed by atoms with Crippen molar-refractivity contribution in [2.24, 2.45) is 0 Å². The van der Waals surface area contributed by atoms with Crippen LogP contribution in [0.2, 0.25) is 0 Å². The van der Waals surface area contributed by atoms with Crippen molar-refractivity contribution in [3.05, 3.63) is 60.2 Å². The summed E-state index contributed by atoms with van der Waals surface area (Å²) in [7, 11) is -3.72. The van der Waals surface area contributed by atoms with E-state index < -0.39 is 27.9 Å². The first kappa shape index (κ1) is 26.5. The molecule has 0 radical (unpaired) electrons. The number of carboxylic acid groups (broad SMARTS) is 1. The molecule has 0 aliphatic carbocycles. The third-order valence-corrected chi connectivity index (χ3v) is 6.03. The number of ether oxygens (including phenoxy) is 1. The Balaban J connectivity index is 1.85. The number of amides is 1. The first-order valence-corrected chi connectivity index (χ1v) is 12.2. The Labute approximate surface area is 194 Å². The van der Waals surface area contributed by atoms with Gasteiger partial charge in [-0.3, -0.25) is 9.59 Å². The Morgan fingerprint density at radius 2 is 1.70 bits per heavy atom. The lowest BCUT2D eigenvalue weighted by Crippen LogP contribution is -2.40. The van der Waals surface area contributed by atoms with Crippen LogP contribution < -0.4 is 15.4 Å². The van der Waals surface area contributed by atoms with Crippen LogP contribution in [0.5, 0.6) is 0 Å². The number of sulfonamides is 1. The quantitative estimate of drug-likeness (QED) is 0.307. The number of aliphatic carboxylic acids is 1. The Morgan fingerprint density at radius 3 is 2.30 bits per heavy atom. The van der Waals surface area contributed by atoms with Gasteiger partial charge in [0.05, 0.1) is 17.4 Å². The Bertz CT molecular complexity index is 995. The van der Waals surface area contributed by atoms with Crippen LogP contribution >= 0.6 is 0 Å². The molecular formula is C23H31N3O6S. The molecular weight excluding hydrogens is 446 g/mol. The van der Waals surface area contributed by atoms with Gasteiger partial charge in [-0.25, -0.2) is 13.1 Å². The summed E-state index contributed by atoms with van der Waals surface area (Å²) in [5.41, 5.74) is 1.20. The summed E-state index contributed by atoms with van der Waals surface area (Å²) in [5, 5.41) is 14.8. The van der Waals surface area contributed by atoms with Crippen LogP contribution in [0.15, 0.2) is 59.5 Å². The standard InChI is InChI=1S/C23H31N3O6S/c1-17(2)32-14-6-13-24-21(23(28)29)15-22(27)26-19-9-11-20(12-10-19)33(30,31)25-16-18-7-4-3-5-8-18/h3-5,7-12,17,21,24-25H,6,13-16H2,1-2H3,(H,26,27)(H,28,29). The first-order valence-electron chi connectivity index (χ1n) is 10.7. The Kier molecular flexibility index (Phi) is 10.5. The fraction of sp³-hybridized carbons (Fsp3) is 0.391. The molecule has 10 heteroatoms. The van der Waals surface area contributed by atoms with Gasteiger partial charge in [0.25, 0.3) is 0 Å². The molecule has 2 aromatic carbocycles. The van der Waals surface area contributed by atoms with Crippen molar-refractivity contribution in [3.8, 4) is 0 Å². The maximum atomic E-state index is 12.5. The van der Waals surface area contributed by atoms with Gasteiger partial charge in [0.15, 0.2) is 0 Å². The van der Waals surface area contributed by atoms with Crippen molar-refractivity contribution in [1.29, 1.82) is 0 Å². The molecule has 0 saturated carbocycles. The summed E-state index contributed by atoms with van der Waals surface area (Å²) in [5.74, 6) is -1.62. The van der Waals surface area contributed by atoms with E-state index in [9.17, 15) is 23.1 Å². The molecule has 4 N–H and O–H groups in total. The summed E-state index contributed by atoms with van der Waals surface area (Å²) < 4.78 is 32.9. The van der Waals surface area contributed by atoms with Gasteiger partial charge in [0, 0.05) is 18.8 Å². The monoisotopic (exact) mass is 477 g/mol. The number of carbonyl (C=O) groups excluding carboxylic acids is 1. The summed E-state index contributed by atoms with van der Waals surface area (Å²) in [6.07, 6.45) is 0.462. The lowest BCUT2D eigenvalue weighted by atomic mass is 10.2. The molecule has 0 bridgehead atoms. The third kappa shape index (κ3) is 9.70. The molecule has 2 rings (SSSR count). The van der Waals surface area contributed by atoms with Gasteiger partial charge in [-0.15, -0.1) is 0 Å². The molecule has 2 aromatic rings. The van der Waals surface area contributed by atoms with E-state index in [1.807, 2.05) is 44.2 Å². The van der Waals surface area contributed by atoms with E-state index in [4.69, 9.17) is 4.74 Å². The van der Waals surface area contributed by atoms with Gasteiger partial charge in [-0.1, -0.05) is 30.3 Å². The van der Waals surface area contributed by atoms with E-state index >= 15 is 0 Å². The summed E-state index contributed by atoms with van der Waals surface area (Å²) in [6.45, 7) is 4.90. The highest BCUT2D eigenvalue weighted by atomic mass is 32.2. The summed E-state index contributed by atoms with van der Waals surface area (Å²) in [6, 6.07) is 13.8. The predicted molar refractivity (Wildman–Crippen MR) is 125 cm³/mol. The largest absolute Gasteiger partial charge is 0.480 e. The lowest BCUT2D eigenvalue weighted by Gasteiger charge is -2.15. The summed E-state index contributed by atoms with van der Waals surface area (Å²) in [4.78, 5) is 23.8. The molecule has 9 nitrogen and oxygen atoms in total. The van der Waals surface area contributed by atoms with Gasteiger partial charge < -0.3 is 20.5 Å². The van der Waals surface area contributed by atoms with Crippen LogP contribution in [0.1, 0.15) is 32.3 Å². The normalized spacial score (nSPS) is 12.5. The first-order chi connectivity index (χ1) is 15.7. The van der Waals surface area contributed by atoms with E-state index in [-0.39, 0.29) is 24.0 Å². The zero-order chi connectivity index (χ0) is 24.3. The zero-order valence-corrected chi connectivity index (χ0v) is 19.6. The van der Waals surface area contributed by atoms with Crippen molar-refractivity contribution in [3.63, 3.8) is 0 Å². The molecule has 0 aromatic heterocycles. The molecule has 0 saturated heterocycles. The number of rotatable bonds is 14. The van der Waals surface area contributed by atoms with Gasteiger partial charge in [0.2, 0.25) is 15.9 Å². The molecule has 1 unspecified atom stereocenters. The molecule has 33 heavy (non-hydrogen) atoms. The van der Waals surface area contributed by atoms with Crippen molar-refractivity contribution in [1.82, 2.24) is 10.0 Å². The average Bonchev–Trinajstić information content (AvgIpc) is 2.77. The highest BCUT2D eigenvalue weighted by Crippen LogP contribution is 2.15. The van der Waals surface area contributed by atoms with Crippen LogP contribution in [-0.4, -0.2) is 50.7 Å². The van der Waals surface area contributed by atoms with Gasteiger partial charge >= 0.3 is 5.97 Å². The SMILES string of the molecule is CC(C)OCCCNC(CC(=O)Nc1ccc(S(=O)(=O)NCc2ccccc2)cc1)C(=O)O. The zero-order valence-electron chi connectivity index (χ0n) is 18.8. The smallest absolute Gasteiger partial charge is 0.321 e. The molecule has 1 atom stereocenters. The maximum absolute atomic E-state index is 12.5. The highest BCUT2D eigenvalue weighted by Gasteiger charge is 2.21. The minimum atomic E-state index is -3.72. The van der Waals surface area contributed by atoms with Crippen LogP contribution in [0, 0.1) is 0 Å². The molecule has 0 heterocycles. The molecule has 0 aliphatic heterocycles. The highest BCUT2D eigenvalue weighted by molar-refractivity contribution is 7.89. The topological polar surface area (TPSA) is 134 Å². The number of benzene rings is 2. The number of nitrogens with one attached hydrogen (secondary N) is 3. The number of carboxylic acids is 1. The van der Waals surface area contributed by atoms with Crippen molar-refractivity contribution < 1.29 is 27.9 Å². The van der Waals surface area contributed by atoms with Gasteiger partial charge in [-0.05, 0) is 56.6 Å². The lowest BCUT2D eigenvalue weighted by molar-refractivity contribution is -0.141. The van der Waals surface area contributed by atoms with Crippen LogP contribution in [-0.2, 0) is 30.9 Å². The minimum absolute atomic E-state index is 0.0603. The van der Waals surface area contributed by atoms with Gasteiger partial charge in [-0.2, -0.15) is 0 Å². The van der Waals surface area contributed by atoms with E-state index in [1.165, 1.54) is 24.3 Å². The second-order valence-corrected chi connectivity index (χ2v) is 9.47. The Morgan fingerprint density at radius 1 is 1.03 bits per heavy atom.